The van der Waals surface area contributed by atoms with Crippen LogP contribution in [0.1, 0.15) is 175 Å². The van der Waals surface area contributed by atoms with Crippen LogP contribution < -0.4 is 0 Å². The van der Waals surface area contributed by atoms with Gasteiger partial charge >= 0.3 is 0 Å². The maximum absolute atomic E-state index is 2.36. The third-order valence-electron chi connectivity index (χ3n) is 7.88. The van der Waals surface area contributed by atoms with Gasteiger partial charge in [0.05, 0.1) is 0 Å². The predicted octanol–water partition coefficient (Wildman–Crippen LogP) is 12.7. The average Bonchev–Trinajstić information content (AvgIpc) is 2.89. The van der Waals surface area contributed by atoms with Crippen LogP contribution in [0, 0.1) is 0 Å². The molecule has 1 aliphatic rings. The summed E-state index contributed by atoms with van der Waals surface area (Å²) in [6.45, 7) is 6.96. The van der Waals surface area contributed by atoms with Gasteiger partial charge in [-0.2, -0.15) is 35.3 Å². The quantitative estimate of drug-likeness (QED) is 0.0920. The van der Waals surface area contributed by atoms with E-state index in [1.807, 2.05) is 0 Å². The van der Waals surface area contributed by atoms with Crippen LogP contribution in [0.15, 0.2) is 0 Å². The van der Waals surface area contributed by atoms with Crippen LogP contribution in [0.4, 0.5) is 0 Å². The van der Waals surface area contributed by atoms with E-state index in [0.717, 1.165) is 15.7 Å². The Morgan fingerprint density at radius 2 is 0.556 bits per heavy atom. The molecule has 36 heavy (non-hydrogen) atoms. The van der Waals surface area contributed by atoms with E-state index in [-0.39, 0.29) is 0 Å². The predicted molar refractivity (Wildman–Crippen MR) is 177 cm³/mol. The lowest BCUT2D eigenvalue weighted by molar-refractivity contribution is 0.538. The van der Waals surface area contributed by atoms with E-state index in [2.05, 4.69) is 56.1 Å². The highest BCUT2D eigenvalue weighted by Gasteiger charge is 2.29. The van der Waals surface area contributed by atoms with Crippen molar-refractivity contribution in [1.29, 1.82) is 0 Å². The van der Waals surface area contributed by atoms with Crippen LogP contribution in [-0.4, -0.2) is 33.0 Å². The van der Waals surface area contributed by atoms with E-state index in [1.54, 1.807) is 0 Å². The highest BCUT2D eigenvalue weighted by Crippen LogP contribution is 2.40. The van der Waals surface area contributed by atoms with Gasteiger partial charge in [0.15, 0.2) is 0 Å². The lowest BCUT2D eigenvalue weighted by Gasteiger charge is -2.34. The first kappa shape index (κ1) is 35.1. The molecule has 1 rings (SSSR count). The Labute approximate surface area is 242 Å². The lowest BCUT2D eigenvalue weighted by Crippen LogP contribution is -2.29. The van der Waals surface area contributed by atoms with Gasteiger partial charge in [-0.05, 0) is 55.8 Å². The molecule has 0 aliphatic heterocycles. The molecular formula is C33H66S3. The van der Waals surface area contributed by atoms with Crippen molar-refractivity contribution >= 4 is 35.3 Å². The van der Waals surface area contributed by atoms with Crippen LogP contribution in [-0.2, 0) is 0 Å². The molecule has 0 aromatic heterocycles. The Morgan fingerprint density at radius 3 is 0.806 bits per heavy atom. The number of thioether (sulfide) groups is 3. The Kier molecular flexibility index (Phi) is 26.9. The van der Waals surface area contributed by atoms with Crippen molar-refractivity contribution in [2.45, 2.75) is 191 Å². The van der Waals surface area contributed by atoms with Crippen molar-refractivity contribution in [3.63, 3.8) is 0 Å². The van der Waals surface area contributed by atoms with Crippen molar-refractivity contribution in [3.05, 3.63) is 0 Å². The van der Waals surface area contributed by atoms with Gasteiger partial charge in [-0.15, -0.1) is 0 Å². The summed E-state index contributed by atoms with van der Waals surface area (Å²) in [4.78, 5) is 0. The molecule has 0 aromatic carbocycles. The van der Waals surface area contributed by atoms with Gasteiger partial charge in [0.1, 0.15) is 0 Å². The second-order valence-electron chi connectivity index (χ2n) is 11.5. The minimum absolute atomic E-state index is 0.942. The molecule has 0 amide bonds. The summed E-state index contributed by atoms with van der Waals surface area (Å²) in [6.07, 6.45) is 34.9. The van der Waals surface area contributed by atoms with Gasteiger partial charge in [-0.25, -0.2) is 0 Å². The van der Waals surface area contributed by atoms with Crippen molar-refractivity contribution in [1.82, 2.24) is 0 Å². The maximum atomic E-state index is 2.36. The van der Waals surface area contributed by atoms with Crippen molar-refractivity contribution < 1.29 is 0 Å². The zero-order valence-corrected chi connectivity index (χ0v) is 27.5. The fraction of sp³-hybridized carbons (Fsp3) is 1.00. The molecule has 3 heteroatoms. The molecule has 1 aliphatic carbocycles. The Morgan fingerprint density at radius 1 is 0.333 bits per heavy atom. The average molecular weight is 559 g/mol. The molecule has 0 saturated heterocycles. The van der Waals surface area contributed by atoms with Crippen LogP contribution in [0.3, 0.4) is 0 Å². The van der Waals surface area contributed by atoms with Gasteiger partial charge < -0.3 is 0 Å². The molecule has 1 saturated carbocycles. The van der Waals surface area contributed by atoms with Crippen LogP contribution in [0.5, 0.6) is 0 Å². The minimum atomic E-state index is 0.942. The highest BCUT2D eigenvalue weighted by molar-refractivity contribution is 8.01. The third kappa shape index (κ3) is 21.9. The highest BCUT2D eigenvalue weighted by atomic mass is 32.2. The molecular weight excluding hydrogens is 493 g/mol. The number of unbranched alkanes of at least 4 members (excludes halogenated alkanes) is 18. The van der Waals surface area contributed by atoms with Crippen molar-refractivity contribution in [2.75, 3.05) is 17.3 Å². The van der Waals surface area contributed by atoms with E-state index in [4.69, 9.17) is 0 Å². The minimum Gasteiger partial charge on any atom is -0.159 e. The summed E-state index contributed by atoms with van der Waals surface area (Å²) in [7, 11) is 0. The topological polar surface area (TPSA) is 0 Å². The van der Waals surface area contributed by atoms with Crippen molar-refractivity contribution in [2.24, 2.45) is 0 Å². The zero-order chi connectivity index (χ0) is 25.9. The monoisotopic (exact) mass is 558 g/mol. The van der Waals surface area contributed by atoms with E-state index in [9.17, 15) is 0 Å². The largest absolute Gasteiger partial charge is 0.159 e. The van der Waals surface area contributed by atoms with E-state index < -0.39 is 0 Å². The summed E-state index contributed by atoms with van der Waals surface area (Å²) < 4.78 is 0. The lowest BCUT2D eigenvalue weighted by atomic mass is 9.99. The molecule has 0 unspecified atom stereocenters. The van der Waals surface area contributed by atoms with Gasteiger partial charge in [0.2, 0.25) is 0 Å². The number of hydrogen-bond acceptors (Lipinski definition) is 3. The molecule has 0 bridgehead atoms. The van der Waals surface area contributed by atoms with Gasteiger partial charge in [-0.3, -0.25) is 0 Å². The number of hydrogen-bond donors (Lipinski definition) is 0. The standard InChI is InChI=1S/C33H66S3/c1-4-7-10-13-16-19-22-25-34-31-28-32(35-26-23-20-17-14-11-8-5-2)30-33(29-31)36-27-24-21-18-15-12-9-6-3/h31-33H,4-30H2,1-3H3. The Hall–Kier alpha value is 1.05. The normalized spacial score (nSPS) is 20.2. The summed E-state index contributed by atoms with van der Waals surface area (Å²) in [6, 6.07) is 0. The Balaban J connectivity index is 2.26. The van der Waals surface area contributed by atoms with Gasteiger partial charge in [0.25, 0.3) is 0 Å². The van der Waals surface area contributed by atoms with Gasteiger partial charge in [0, 0.05) is 15.7 Å². The first-order valence-corrected chi connectivity index (χ1v) is 19.8. The van der Waals surface area contributed by atoms with Crippen molar-refractivity contribution in [3.8, 4) is 0 Å². The molecule has 0 nitrogen and oxygen atoms in total. The van der Waals surface area contributed by atoms with E-state index in [0.29, 0.717) is 0 Å². The molecule has 0 N–H and O–H groups in total. The van der Waals surface area contributed by atoms with Crippen LogP contribution in [0.25, 0.3) is 0 Å². The second kappa shape index (κ2) is 27.6. The molecule has 1 fully saturated rings. The Bertz CT molecular complexity index is 359. The molecule has 0 atom stereocenters. The molecule has 0 spiro atoms. The first-order chi connectivity index (χ1) is 17.8. The molecule has 0 heterocycles. The SMILES string of the molecule is CCCCCCCCCSC1CC(SCCCCCCCCC)CC(SCCCCCCCCC)C1. The van der Waals surface area contributed by atoms with E-state index in [1.165, 1.54) is 171 Å². The fourth-order valence-electron chi connectivity index (χ4n) is 5.50. The third-order valence-corrected chi connectivity index (χ3v) is 12.0. The number of rotatable bonds is 27. The second-order valence-corrected chi connectivity index (χ2v) is 15.8. The smallest absolute Gasteiger partial charge is 0.00681 e. The van der Waals surface area contributed by atoms with Gasteiger partial charge in [-0.1, -0.05) is 136 Å². The van der Waals surface area contributed by atoms with Crippen LogP contribution >= 0.6 is 35.3 Å². The zero-order valence-electron chi connectivity index (χ0n) is 25.0. The van der Waals surface area contributed by atoms with E-state index >= 15 is 0 Å². The summed E-state index contributed by atoms with van der Waals surface area (Å²) in [5.74, 6) is 4.26. The first-order valence-electron chi connectivity index (χ1n) is 16.6. The summed E-state index contributed by atoms with van der Waals surface area (Å²) in [5.41, 5.74) is 0. The molecule has 216 valence electrons. The fourth-order valence-corrected chi connectivity index (χ4v) is 10.2. The maximum Gasteiger partial charge on any atom is 0.00681 e. The summed E-state index contributed by atoms with van der Waals surface area (Å²) in [5, 5.41) is 2.82. The molecule has 0 aromatic rings. The summed E-state index contributed by atoms with van der Waals surface area (Å²) >= 11 is 7.07. The molecule has 0 radical (unpaired) electrons. The van der Waals surface area contributed by atoms with Crippen LogP contribution in [0.2, 0.25) is 0 Å².